The summed E-state index contributed by atoms with van der Waals surface area (Å²) in [4.78, 5) is 10.9. The molecule has 0 aliphatic carbocycles. The summed E-state index contributed by atoms with van der Waals surface area (Å²) in [7, 11) is -3.32. The van der Waals surface area contributed by atoms with Gasteiger partial charge < -0.3 is 14.6 Å². The minimum absolute atomic E-state index is 0.171. The summed E-state index contributed by atoms with van der Waals surface area (Å²) in [6.07, 6.45) is -7.68. The lowest BCUT2D eigenvalue weighted by Gasteiger charge is -2.32. The summed E-state index contributed by atoms with van der Waals surface area (Å²) in [5.41, 5.74) is -1.47. The average Bonchev–Trinajstić information content (AvgIpc) is 3.00. The highest BCUT2D eigenvalue weighted by molar-refractivity contribution is 7.88. The normalized spacial score (nSPS) is 23.7. The molecule has 2 fully saturated rings. The van der Waals surface area contributed by atoms with Gasteiger partial charge in [0.25, 0.3) is 0 Å². The number of benzene rings is 1. The van der Waals surface area contributed by atoms with Gasteiger partial charge in [-0.25, -0.2) is 22.3 Å². The predicted molar refractivity (Wildman–Crippen MR) is 111 cm³/mol. The van der Waals surface area contributed by atoms with Crippen LogP contribution in [0.4, 0.5) is 30.7 Å². The second-order valence-corrected chi connectivity index (χ2v) is 10.3. The number of hydrogen-bond donors (Lipinski definition) is 2. The zero-order chi connectivity index (χ0) is 27.4. The summed E-state index contributed by atoms with van der Waals surface area (Å²) in [6.45, 7) is 2.19. The molecule has 0 radical (unpaired) electrons. The van der Waals surface area contributed by atoms with Crippen molar-refractivity contribution in [1.82, 2.24) is 9.62 Å². The molecule has 3 rings (SSSR count). The molecule has 0 aromatic heterocycles. The van der Waals surface area contributed by atoms with E-state index in [9.17, 15) is 39.2 Å². The summed E-state index contributed by atoms with van der Waals surface area (Å²) < 4.78 is 121. The number of hydrogen-bond acceptors (Lipinski definition) is 6. The van der Waals surface area contributed by atoms with Crippen molar-refractivity contribution >= 4 is 16.0 Å². The van der Waals surface area contributed by atoms with Crippen molar-refractivity contribution in [2.45, 2.75) is 43.4 Å². The van der Waals surface area contributed by atoms with E-state index in [-0.39, 0.29) is 19.2 Å². The minimum atomic E-state index is -5.08. The molecule has 1 aromatic rings. The zero-order valence-electron chi connectivity index (χ0n) is 19.0. The van der Waals surface area contributed by atoms with Crippen molar-refractivity contribution in [2.75, 3.05) is 39.1 Å². The molecule has 0 amide bonds. The highest BCUT2D eigenvalue weighted by atomic mass is 32.2. The van der Waals surface area contributed by atoms with Crippen LogP contribution in [-0.4, -0.2) is 81.4 Å². The summed E-state index contributed by atoms with van der Waals surface area (Å²) in [5.74, 6) is -4.05. The third-order valence-corrected chi connectivity index (χ3v) is 6.02. The first-order chi connectivity index (χ1) is 16.4. The number of aliphatic carboxylic acids is 1. The van der Waals surface area contributed by atoms with Crippen LogP contribution in [0.25, 0.3) is 0 Å². The van der Waals surface area contributed by atoms with Crippen LogP contribution in [0.5, 0.6) is 0 Å². The number of ether oxygens (including phenoxy) is 2. The van der Waals surface area contributed by atoms with E-state index in [1.807, 2.05) is 4.90 Å². The monoisotopic (exact) mass is 554 g/mol. The van der Waals surface area contributed by atoms with Crippen LogP contribution in [0, 0.1) is 5.82 Å². The smallest absolute Gasteiger partial charge is 0.475 e. The molecule has 2 N–H and O–H groups in total. The van der Waals surface area contributed by atoms with E-state index in [1.54, 1.807) is 0 Å². The number of alkyl halides is 6. The molecular weight excluding hydrogens is 529 g/mol. The first-order valence-corrected chi connectivity index (χ1v) is 12.4. The first kappa shape index (κ1) is 30.2. The highest BCUT2D eigenvalue weighted by Gasteiger charge is 2.43. The van der Waals surface area contributed by atoms with Crippen LogP contribution in [0.3, 0.4) is 0 Å². The van der Waals surface area contributed by atoms with Crippen LogP contribution >= 0.6 is 0 Å². The summed E-state index contributed by atoms with van der Waals surface area (Å²) >= 11 is 0. The standard InChI is InChI=1S/C18H24F4N2O4S.C2HF3O2/c1-29(25,26)23-9-14-4-5-17(28-14)11-24(6-7-27-12-17)10-13-2-3-15(16(19)8-13)18(20,21)22;3-2(4,5)1(6)7/h2-3,8,14,23H,4-7,9-12H2,1H3;(H,6,7). The number of carboxylic acid groups (broad SMARTS) is 1. The molecule has 36 heavy (non-hydrogen) atoms. The number of sulfonamides is 1. The molecule has 2 unspecified atom stereocenters. The Hall–Kier alpha value is -2.01. The molecule has 0 bridgehead atoms. The fourth-order valence-corrected chi connectivity index (χ4v) is 4.26. The van der Waals surface area contributed by atoms with Gasteiger partial charge in [-0.05, 0) is 30.5 Å². The van der Waals surface area contributed by atoms with Crippen molar-refractivity contribution in [3.05, 3.63) is 35.1 Å². The Labute approximate surface area is 202 Å². The first-order valence-electron chi connectivity index (χ1n) is 10.5. The number of halogens is 7. The molecule has 2 heterocycles. The minimum Gasteiger partial charge on any atom is -0.475 e. The maximum absolute atomic E-state index is 13.9. The van der Waals surface area contributed by atoms with Crippen LogP contribution in [-0.2, 0) is 37.0 Å². The fraction of sp³-hybridized carbons (Fsp3) is 0.650. The Morgan fingerprint density at radius 3 is 2.42 bits per heavy atom. The molecule has 1 spiro atoms. The van der Waals surface area contributed by atoms with Crippen molar-refractivity contribution in [3.8, 4) is 0 Å². The SMILES string of the molecule is CS(=O)(=O)NCC1CCC2(COCCN(Cc3ccc(C(F)(F)F)c(F)c3)C2)O1.O=C(O)C(F)(F)F. The molecule has 8 nitrogen and oxygen atoms in total. The van der Waals surface area contributed by atoms with E-state index in [1.165, 1.54) is 6.07 Å². The molecule has 2 saturated heterocycles. The lowest BCUT2D eigenvalue weighted by Crippen LogP contribution is -2.45. The number of carbonyl (C=O) groups is 1. The van der Waals surface area contributed by atoms with E-state index in [4.69, 9.17) is 19.4 Å². The van der Waals surface area contributed by atoms with Crippen LogP contribution in [0.2, 0.25) is 0 Å². The summed E-state index contributed by atoms with van der Waals surface area (Å²) in [5, 5.41) is 7.12. The average molecular weight is 554 g/mol. The van der Waals surface area contributed by atoms with Gasteiger partial charge in [-0.1, -0.05) is 6.07 Å². The molecule has 2 aliphatic heterocycles. The third-order valence-electron chi connectivity index (χ3n) is 5.33. The largest absolute Gasteiger partial charge is 0.490 e. The topological polar surface area (TPSA) is 105 Å². The van der Waals surface area contributed by atoms with E-state index in [2.05, 4.69) is 4.72 Å². The Balaban J connectivity index is 0.000000572. The van der Waals surface area contributed by atoms with Gasteiger partial charge in [0.1, 0.15) is 11.4 Å². The third kappa shape index (κ3) is 9.46. The summed E-state index contributed by atoms with van der Waals surface area (Å²) in [6, 6.07) is 2.95. The number of nitrogens with one attached hydrogen (secondary N) is 1. The maximum Gasteiger partial charge on any atom is 0.490 e. The molecule has 206 valence electrons. The molecule has 0 saturated carbocycles. The van der Waals surface area contributed by atoms with Crippen molar-refractivity contribution in [1.29, 1.82) is 0 Å². The quantitative estimate of drug-likeness (QED) is 0.540. The predicted octanol–water partition coefficient (Wildman–Crippen LogP) is 2.78. The second-order valence-electron chi connectivity index (χ2n) is 8.46. The van der Waals surface area contributed by atoms with Crippen molar-refractivity contribution in [3.63, 3.8) is 0 Å². The number of rotatable bonds is 5. The van der Waals surface area contributed by atoms with E-state index >= 15 is 0 Å². The van der Waals surface area contributed by atoms with Gasteiger partial charge in [0, 0.05) is 26.2 Å². The van der Waals surface area contributed by atoms with Gasteiger partial charge in [0.15, 0.2) is 0 Å². The van der Waals surface area contributed by atoms with E-state index in [0.29, 0.717) is 44.7 Å². The Morgan fingerprint density at radius 2 is 1.89 bits per heavy atom. The highest BCUT2D eigenvalue weighted by Crippen LogP contribution is 2.34. The molecule has 1 aromatic carbocycles. The van der Waals surface area contributed by atoms with Crippen LogP contribution in [0.15, 0.2) is 18.2 Å². The Bertz CT molecular complexity index is 1020. The molecule has 16 heteroatoms. The Morgan fingerprint density at radius 1 is 1.25 bits per heavy atom. The molecule has 2 aliphatic rings. The van der Waals surface area contributed by atoms with Gasteiger partial charge in [-0.15, -0.1) is 0 Å². The fourth-order valence-electron chi connectivity index (χ4n) is 3.77. The molecular formula is C20H25F7N2O6S. The van der Waals surface area contributed by atoms with Gasteiger partial charge >= 0.3 is 18.3 Å². The van der Waals surface area contributed by atoms with Gasteiger partial charge in [-0.2, -0.15) is 26.3 Å². The van der Waals surface area contributed by atoms with E-state index < -0.39 is 45.3 Å². The van der Waals surface area contributed by atoms with Crippen LogP contribution in [0.1, 0.15) is 24.0 Å². The van der Waals surface area contributed by atoms with Crippen LogP contribution < -0.4 is 4.72 Å². The van der Waals surface area contributed by atoms with E-state index in [0.717, 1.165) is 18.4 Å². The van der Waals surface area contributed by atoms with Crippen molar-refractivity contribution in [2.24, 2.45) is 0 Å². The molecule has 2 atom stereocenters. The van der Waals surface area contributed by atoms with Gasteiger partial charge in [0.05, 0.1) is 31.1 Å². The number of carboxylic acids is 1. The number of nitrogens with zero attached hydrogens (tertiary/aromatic N) is 1. The van der Waals surface area contributed by atoms with Gasteiger partial charge in [0.2, 0.25) is 10.0 Å². The maximum atomic E-state index is 13.9. The lowest BCUT2D eigenvalue weighted by atomic mass is 9.99. The van der Waals surface area contributed by atoms with Gasteiger partial charge in [-0.3, -0.25) is 4.90 Å². The Kier molecular flexibility index (Phi) is 9.72. The van der Waals surface area contributed by atoms with Crippen molar-refractivity contribution < 1.29 is 58.5 Å². The second kappa shape index (κ2) is 11.6. The zero-order valence-corrected chi connectivity index (χ0v) is 19.8. The lowest BCUT2D eigenvalue weighted by molar-refractivity contribution is -0.192.